The van der Waals surface area contributed by atoms with Crippen molar-refractivity contribution in [1.82, 2.24) is 4.98 Å². The van der Waals surface area contributed by atoms with Crippen LogP contribution in [-0.2, 0) is 6.42 Å². The van der Waals surface area contributed by atoms with Crippen molar-refractivity contribution in [2.45, 2.75) is 60.8 Å². The molecule has 0 spiro atoms. The number of aromatic nitrogens is 1. The Hall–Kier alpha value is -0.850. The molecule has 0 amide bonds. The lowest BCUT2D eigenvalue weighted by atomic mass is 9.98. The van der Waals surface area contributed by atoms with E-state index in [2.05, 4.69) is 45.7 Å². The van der Waals surface area contributed by atoms with Crippen molar-refractivity contribution in [3.05, 3.63) is 28.6 Å². The number of pyridine rings is 1. The van der Waals surface area contributed by atoms with Crippen molar-refractivity contribution in [3.8, 4) is 0 Å². The van der Waals surface area contributed by atoms with Gasteiger partial charge in [0, 0.05) is 11.4 Å². The third kappa shape index (κ3) is 3.65. The van der Waals surface area contributed by atoms with Gasteiger partial charge < -0.3 is 0 Å². The topological polar surface area (TPSA) is 12.9 Å². The number of hydrogen-bond acceptors (Lipinski definition) is 1. The van der Waals surface area contributed by atoms with Crippen LogP contribution in [0, 0.1) is 13.8 Å². The second-order valence-electron chi connectivity index (χ2n) is 3.92. The standard InChI is InChI=1S/C12H19N.C2H6/c1-6-11-7-12(8(2)3)10(5)13-9(11)4;1-2/h7-8H,6H2,1-5H3;1-2H3. The molecule has 15 heavy (non-hydrogen) atoms. The molecule has 0 aliphatic heterocycles. The molecule has 0 bridgehead atoms. The predicted molar refractivity (Wildman–Crippen MR) is 68.5 cm³/mol. The van der Waals surface area contributed by atoms with Crippen molar-refractivity contribution in [2.75, 3.05) is 0 Å². The summed E-state index contributed by atoms with van der Waals surface area (Å²) >= 11 is 0. The fourth-order valence-electron chi connectivity index (χ4n) is 1.73. The monoisotopic (exact) mass is 207 g/mol. The van der Waals surface area contributed by atoms with Crippen LogP contribution in [0.1, 0.15) is 63.1 Å². The van der Waals surface area contributed by atoms with Gasteiger partial charge in [-0.15, -0.1) is 0 Å². The van der Waals surface area contributed by atoms with E-state index in [1.165, 1.54) is 22.5 Å². The van der Waals surface area contributed by atoms with E-state index in [4.69, 9.17) is 0 Å². The van der Waals surface area contributed by atoms with Gasteiger partial charge in [-0.3, -0.25) is 4.98 Å². The van der Waals surface area contributed by atoms with Crippen molar-refractivity contribution < 1.29 is 0 Å². The lowest BCUT2D eigenvalue weighted by molar-refractivity contribution is 0.830. The van der Waals surface area contributed by atoms with Crippen LogP contribution in [0.3, 0.4) is 0 Å². The number of hydrogen-bond donors (Lipinski definition) is 0. The molecule has 1 nitrogen and oxygen atoms in total. The molecule has 0 saturated heterocycles. The van der Waals surface area contributed by atoms with Gasteiger partial charge in [-0.25, -0.2) is 0 Å². The van der Waals surface area contributed by atoms with Crippen molar-refractivity contribution in [3.63, 3.8) is 0 Å². The van der Waals surface area contributed by atoms with E-state index >= 15 is 0 Å². The molecule has 0 aliphatic rings. The van der Waals surface area contributed by atoms with E-state index in [1.54, 1.807) is 0 Å². The molecule has 1 rings (SSSR count). The molecule has 0 aliphatic carbocycles. The maximum Gasteiger partial charge on any atom is 0.0410 e. The summed E-state index contributed by atoms with van der Waals surface area (Å²) in [7, 11) is 0. The van der Waals surface area contributed by atoms with Gasteiger partial charge in [0.2, 0.25) is 0 Å². The first kappa shape index (κ1) is 14.2. The van der Waals surface area contributed by atoms with Crippen LogP contribution in [-0.4, -0.2) is 4.98 Å². The zero-order valence-corrected chi connectivity index (χ0v) is 11.3. The highest BCUT2D eigenvalue weighted by Crippen LogP contribution is 2.20. The van der Waals surface area contributed by atoms with E-state index in [9.17, 15) is 0 Å². The number of nitrogens with zero attached hydrogens (tertiary/aromatic N) is 1. The van der Waals surface area contributed by atoms with Crippen LogP contribution < -0.4 is 0 Å². The Morgan fingerprint density at radius 2 is 1.67 bits per heavy atom. The zero-order chi connectivity index (χ0) is 12.0. The Bertz CT molecular complexity index is 300. The molecule has 0 fully saturated rings. The Kier molecular flexibility index (Phi) is 6.23. The minimum Gasteiger partial charge on any atom is -0.258 e. The van der Waals surface area contributed by atoms with Crippen LogP contribution >= 0.6 is 0 Å². The molecule has 0 atom stereocenters. The van der Waals surface area contributed by atoms with Crippen LogP contribution in [0.5, 0.6) is 0 Å². The second kappa shape index (κ2) is 6.60. The summed E-state index contributed by atoms with van der Waals surface area (Å²) in [5, 5.41) is 0. The summed E-state index contributed by atoms with van der Waals surface area (Å²) in [6.45, 7) is 14.8. The largest absolute Gasteiger partial charge is 0.258 e. The molecule has 0 N–H and O–H groups in total. The highest BCUT2D eigenvalue weighted by Gasteiger charge is 2.07. The van der Waals surface area contributed by atoms with Crippen molar-refractivity contribution in [2.24, 2.45) is 0 Å². The summed E-state index contributed by atoms with van der Waals surface area (Å²) in [6.07, 6.45) is 1.08. The summed E-state index contributed by atoms with van der Waals surface area (Å²) in [6, 6.07) is 2.31. The predicted octanol–water partition coefficient (Wildman–Crippen LogP) is 4.41. The maximum atomic E-state index is 4.57. The Labute approximate surface area is 94.9 Å². The lowest BCUT2D eigenvalue weighted by Gasteiger charge is -2.12. The fourth-order valence-corrected chi connectivity index (χ4v) is 1.73. The summed E-state index contributed by atoms with van der Waals surface area (Å²) < 4.78 is 0. The maximum absolute atomic E-state index is 4.57. The van der Waals surface area contributed by atoms with Crippen LogP contribution in [0.2, 0.25) is 0 Å². The van der Waals surface area contributed by atoms with Gasteiger partial charge in [0.25, 0.3) is 0 Å². The average molecular weight is 207 g/mol. The number of rotatable bonds is 2. The normalized spacial score (nSPS) is 9.87. The van der Waals surface area contributed by atoms with Crippen molar-refractivity contribution in [1.29, 1.82) is 0 Å². The molecule has 0 unspecified atom stereocenters. The molecular weight excluding hydrogens is 182 g/mol. The van der Waals surface area contributed by atoms with E-state index in [0.29, 0.717) is 5.92 Å². The molecule has 1 heteroatoms. The second-order valence-corrected chi connectivity index (χ2v) is 3.92. The molecule has 0 saturated carbocycles. The zero-order valence-electron chi connectivity index (χ0n) is 11.3. The third-order valence-corrected chi connectivity index (χ3v) is 2.55. The molecule has 1 heterocycles. The fraction of sp³-hybridized carbons (Fsp3) is 0.643. The van der Waals surface area contributed by atoms with Gasteiger partial charge in [-0.1, -0.05) is 40.7 Å². The van der Waals surface area contributed by atoms with Gasteiger partial charge >= 0.3 is 0 Å². The van der Waals surface area contributed by atoms with E-state index in [-0.39, 0.29) is 0 Å². The highest BCUT2D eigenvalue weighted by molar-refractivity contribution is 5.31. The quantitative estimate of drug-likeness (QED) is 0.700. The first-order valence-electron chi connectivity index (χ1n) is 6.03. The summed E-state index contributed by atoms with van der Waals surface area (Å²) in [4.78, 5) is 4.57. The van der Waals surface area contributed by atoms with Gasteiger partial charge in [0.05, 0.1) is 0 Å². The minimum absolute atomic E-state index is 0.582. The SMILES string of the molecule is CC.CCc1cc(C(C)C)c(C)nc1C. The first-order chi connectivity index (χ1) is 7.06. The highest BCUT2D eigenvalue weighted by atomic mass is 14.7. The molecule has 1 aromatic heterocycles. The lowest BCUT2D eigenvalue weighted by Crippen LogP contribution is -2.00. The summed E-state index contributed by atoms with van der Waals surface area (Å²) in [5.74, 6) is 0.582. The van der Waals surface area contributed by atoms with Crippen molar-refractivity contribution >= 4 is 0 Å². The van der Waals surface area contributed by atoms with E-state index in [0.717, 1.165) is 6.42 Å². The van der Waals surface area contributed by atoms with Crippen LogP contribution in [0.25, 0.3) is 0 Å². The van der Waals surface area contributed by atoms with E-state index < -0.39 is 0 Å². The Balaban J connectivity index is 0.000000921. The van der Waals surface area contributed by atoms with Crippen LogP contribution in [0.4, 0.5) is 0 Å². The van der Waals surface area contributed by atoms with Gasteiger partial charge in [0.1, 0.15) is 0 Å². The molecule has 1 aromatic rings. The van der Waals surface area contributed by atoms with Gasteiger partial charge in [-0.2, -0.15) is 0 Å². The summed E-state index contributed by atoms with van der Waals surface area (Å²) in [5.41, 5.74) is 5.14. The molecular formula is C14H25N. The Morgan fingerprint density at radius 1 is 1.13 bits per heavy atom. The first-order valence-corrected chi connectivity index (χ1v) is 6.03. The Morgan fingerprint density at radius 3 is 2.07 bits per heavy atom. The smallest absolute Gasteiger partial charge is 0.0410 e. The minimum atomic E-state index is 0.582. The van der Waals surface area contributed by atoms with Crippen LogP contribution in [0.15, 0.2) is 6.07 Å². The van der Waals surface area contributed by atoms with Gasteiger partial charge in [0.15, 0.2) is 0 Å². The molecule has 0 aromatic carbocycles. The molecule has 86 valence electrons. The van der Waals surface area contributed by atoms with E-state index in [1.807, 2.05) is 13.8 Å². The molecule has 0 radical (unpaired) electrons. The van der Waals surface area contributed by atoms with Gasteiger partial charge in [-0.05, 0) is 37.3 Å². The third-order valence-electron chi connectivity index (χ3n) is 2.55. The average Bonchev–Trinajstić information content (AvgIpc) is 2.20. The number of aryl methyl sites for hydroxylation is 3.